The Morgan fingerprint density at radius 1 is 1.42 bits per heavy atom. The Morgan fingerprint density at radius 2 is 2.11 bits per heavy atom. The largest absolute Gasteiger partial charge is 0.480 e. The van der Waals surface area contributed by atoms with Crippen LogP contribution in [0, 0.1) is 5.92 Å². The Balaban J connectivity index is 2.63. The van der Waals surface area contributed by atoms with E-state index in [9.17, 15) is 9.59 Å². The van der Waals surface area contributed by atoms with Crippen molar-refractivity contribution in [2.24, 2.45) is 5.92 Å². The van der Waals surface area contributed by atoms with E-state index in [-0.39, 0.29) is 24.5 Å². The molecule has 0 aliphatic heterocycles. The lowest BCUT2D eigenvalue weighted by Crippen LogP contribution is -2.45. The van der Waals surface area contributed by atoms with Crippen molar-refractivity contribution in [2.45, 2.75) is 26.8 Å². The minimum Gasteiger partial charge on any atom is -0.480 e. The summed E-state index contributed by atoms with van der Waals surface area (Å²) in [4.78, 5) is 25.2. The first-order chi connectivity index (χ1) is 8.90. The van der Waals surface area contributed by atoms with Crippen molar-refractivity contribution < 1.29 is 14.7 Å². The number of amides is 2. The van der Waals surface area contributed by atoms with Crippen LogP contribution >= 0.6 is 11.3 Å². The zero-order valence-corrected chi connectivity index (χ0v) is 12.2. The summed E-state index contributed by atoms with van der Waals surface area (Å²) in [7, 11) is 0. The first-order valence-electron chi connectivity index (χ1n) is 6.20. The van der Waals surface area contributed by atoms with Crippen LogP contribution in [0.2, 0.25) is 0 Å². The van der Waals surface area contributed by atoms with Crippen LogP contribution in [-0.2, 0) is 4.79 Å². The first-order valence-corrected chi connectivity index (χ1v) is 7.08. The summed E-state index contributed by atoms with van der Waals surface area (Å²) in [6, 6.07) is 3.42. The van der Waals surface area contributed by atoms with Crippen molar-refractivity contribution in [1.29, 1.82) is 0 Å². The Morgan fingerprint density at radius 3 is 2.58 bits per heavy atom. The number of thiophene rings is 1. The van der Waals surface area contributed by atoms with Gasteiger partial charge in [0.05, 0.1) is 6.04 Å². The van der Waals surface area contributed by atoms with Crippen molar-refractivity contribution in [3.05, 3.63) is 22.4 Å². The number of rotatable bonds is 6. The van der Waals surface area contributed by atoms with Gasteiger partial charge in [0.2, 0.25) is 0 Å². The number of aliphatic carboxylic acids is 1. The standard InChI is InChI=1S/C13H20N2O3S/c1-9(2)7-15(8-12(16)17)13(18)14-10(3)11-5-4-6-19-11/h4-6,9-10H,7-8H2,1-3H3,(H,14,18)(H,16,17). The van der Waals surface area contributed by atoms with E-state index >= 15 is 0 Å². The number of carbonyl (C=O) groups is 2. The van der Waals surface area contributed by atoms with Gasteiger partial charge in [-0.1, -0.05) is 19.9 Å². The maximum atomic E-state index is 12.1. The van der Waals surface area contributed by atoms with Gasteiger partial charge in [-0.25, -0.2) is 4.79 Å². The van der Waals surface area contributed by atoms with Gasteiger partial charge in [0.25, 0.3) is 0 Å². The van der Waals surface area contributed by atoms with Gasteiger partial charge in [0.1, 0.15) is 6.54 Å². The van der Waals surface area contributed by atoms with Gasteiger partial charge in [-0.15, -0.1) is 11.3 Å². The summed E-state index contributed by atoms with van der Waals surface area (Å²) in [6.07, 6.45) is 0. The molecule has 0 spiro atoms. The van der Waals surface area contributed by atoms with Crippen molar-refractivity contribution in [1.82, 2.24) is 10.2 Å². The summed E-state index contributed by atoms with van der Waals surface area (Å²) >= 11 is 1.56. The van der Waals surface area contributed by atoms with Crippen molar-refractivity contribution in [3.8, 4) is 0 Å². The molecule has 1 rings (SSSR count). The molecule has 0 saturated heterocycles. The SMILES string of the molecule is CC(C)CN(CC(=O)O)C(=O)NC(C)c1cccs1. The third kappa shape index (κ3) is 5.30. The molecule has 0 radical (unpaired) electrons. The average molecular weight is 284 g/mol. The number of carboxylic acid groups (broad SMARTS) is 1. The van der Waals surface area contributed by atoms with Crippen LogP contribution in [0.15, 0.2) is 17.5 Å². The lowest BCUT2D eigenvalue weighted by molar-refractivity contribution is -0.137. The summed E-state index contributed by atoms with van der Waals surface area (Å²) in [5.41, 5.74) is 0. The maximum absolute atomic E-state index is 12.1. The molecule has 19 heavy (non-hydrogen) atoms. The lowest BCUT2D eigenvalue weighted by atomic mass is 10.2. The molecule has 1 atom stereocenters. The molecule has 0 aliphatic rings. The van der Waals surface area contributed by atoms with E-state index in [2.05, 4.69) is 5.32 Å². The fourth-order valence-electron chi connectivity index (χ4n) is 1.71. The monoisotopic (exact) mass is 284 g/mol. The number of hydrogen-bond donors (Lipinski definition) is 2. The summed E-state index contributed by atoms with van der Waals surface area (Å²) < 4.78 is 0. The van der Waals surface area contributed by atoms with Crippen LogP contribution in [0.5, 0.6) is 0 Å². The number of nitrogens with zero attached hydrogens (tertiary/aromatic N) is 1. The van der Waals surface area contributed by atoms with E-state index in [1.165, 1.54) is 4.90 Å². The van der Waals surface area contributed by atoms with E-state index < -0.39 is 5.97 Å². The van der Waals surface area contributed by atoms with Gasteiger partial charge in [-0.2, -0.15) is 0 Å². The number of nitrogens with one attached hydrogen (secondary N) is 1. The molecule has 0 saturated carbocycles. The van der Waals surface area contributed by atoms with Gasteiger partial charge in [0.15, 0.2) is 0 Å². The van der Waals surface area contributed by atoms with Crippen molar-refractivity contribution in [2.75, 3.05) is 13.1 Å². The van der Waals surface area contributed by atoms with Gasteiger partial charge in [-0.3, -0.25) is 4.79 Å². The number of carbonyl (C=O) groups excluding carboxylic acids is 1. The first kappa shape index (κ1) is 15.5. The number of carboxylic acids is 1. The molecule has 1 aromatic rings. The molecule has 0 fully saturated rings. The highest BCUT2D eigenvalue weighted by atomic mass is 32.1. The molecule has 2 amide bonds. The van der Waals surface area contributed by atoms with Crippen LogP contribution in [0.25, 0.3) is 0 Å². The summed E-state index contributed by atoms with van der Waals surface area (Å²) in [6.45, 7) is 5.93. The Bertz CT molecular complexity index is 418. The Labute approximate surface area is 117 Å². The molecule has 0 aliphatic carbocycles. The highest BCUT2D eigenvalue weighted by Gasteiger charge is 2.20. The molecular formula is C13H20N2O3S. The zero-order chi connectivity index (χ0) is 14.4. The van der Waals surface area contributed by atoms with E-state index in [0.717, 1.165) is 4.88 Å². The molecule has 0 aromatic carbocycles. The Kier molecular flexibility index (Phi) is 5.82. The van der Waals surface area contributed by atoms with Gasteiger partial charge >= 0.3 is 12.0 Å². The summed E-state index contributed by atoms with van der Waals surface area (Å²) in [5, 5.41) is 13.6. The van der Waals surface area contributed by atoms with Crippen molar-refractivity contribution >= 4 is 23.3 Å². The fourth-order valence-corrected chi connectivity index (χ4v) is 2.44. The predicted octanol–water partition coefficient (Wildman–Crippen LogP) is 2.56. The molecule has 5 nitrogen and oxygen atoms in total. The normalized spacial score (nSPS) is 12.2. The molecule has 2 N–H and O–H groups in total. The minimum atomic E-state index is -1.00. The third-order valence-corrected chi connectivity index (χ3v) is 3.56. The van der Waals surface area contributed by atoms with Crippen molar-refractivity contribution in [3.63, 3.8) is 0 Å². The maximum Gasteiger partial charge on any atom is 0.323 e. The lowest BCUT2D eigenvalue weighted by Gasteiger charge is -2.25. The van der Waals surface area contributed by atoms with E-state index in [4.69, 9.17) is 5.11 Å². The highest BCUT2D eigenvalue weighted by molar-refractivity contribution is 7.10. The number of hydrogen-bond acceptors (Lipinski definition) is 3. The Hall–Kier alpha value is -1.56. The van der Waals surface area contributed by atoms with Gasteiger partial charge in [-0.05, 0) is 24.3 Å². The zero-order valence-electron chi connectivity index (χ0n) is 11.4. The second-order valence-electron chi connectivity index (χ2n) is 4.85. The van der Waals surface area contributed by atoms with Crippen LogP contribution in [0.4, 0.5) is 4.79 Å². The predicted molar refractivity (Wildman–Crippen MR) is 75.3 cm³/mol. The molecule has 1 heterocycles. The van der Waals surface area contributed by atoms with E-state index in [1.807, 2.05) is 38.3 Å². The van der Waals surface area contributed by atoms with Crippen LogP contribution in [-0.4, -0.2) is 35.1 Å². The molecule has 1 unspecified atom stereocenters. The molecule has 0 bridgehead atoms. The smallest absolute Gasteiger partial charge is 0.323 e. The highest BCUT2D eigenvalue weighted by Crippen LogP contribution is 2.18. The topological polar surface area (TPSA) is 69.6 Å². The molecule has 6 heteroatoms. The second kappa shape index (κ2) is 7.13. The number of urea groups is 1. The minimum absolute atomic E-state index is 0.115. The average Bonchev–Trinajstić information content (AvgIpc) is 2.79. The van der Waals surface area contributed by atoms with E-state index in [0.29, 0.717) is 6.54 Å². The third-order valence-electron chi connectivity index (χ3n) is 2.51. The van der Waals surface area contributed by atoms with Gasteiger partial charge < -0.3 is 15.3 Å². The van der Waals surface area contributed by atoms with Crippen LogP contribution in [0.1, 0.15) is 31.7 Å². The van der Waals surface area contributed by atoms with Crippen LogP contribution in [0.3, 0.4) is 0 Å². The quantitative estimate of drug-likeness (QED) is 0.843. The molecule has 106 valence electrons. The van der Waals surface area contributed by atoms with Crippen LogP contribution < -0.4 is 5.32 Å². The van der Waals surface area contributed by atoms with E-state index in [1.54, 1.807) is 11.3 Å². The molecular weight excluding hydrogens is 264 g/mol. The van der Waals surface area contributed by atoms with Gasteiger partial charge in [0, 0.05) is 11.4 Å². The molecule has 1 aromatic heterocycles. The summed E-state index contributed by atoms with van der Waals surface area (Å²) in [5.74, 6) is -0.776. The fraction of sp³-hybridized carbons (Fsp3) is 0.538. The second-order valence-corrected chi connectivity index (χ2v) is 5.83.